The van der Waals surface area contributed by atoms with Gasteiger partial charge in [0.1, 0.15) is 5.82 Å². The van der Waals surface area contributed by atoms with Crippen LogP contribution in [0.1, 0.15) is 41.0 Å². The fourth-order valence-corrected chi connectivity index (χ4v) is 2.70. The van der Waals surface area contributed by atoms with Gasteiger partial charge in [0, 0.05) is 31.9 Å². The van der Waals surface area contributed by atoms with E-state index in [1.807, 2.05) is 0 Å². The number of halogens is 2. The van der Waals surface area contributed by atoms with Crippen molar-refractivity contribution in [1.29, 1.82) is 0 Å². The summed E-state index contributed by atoms with van der Waals surface area (Å²) in [4.78, 5) is 12.8. The fraction of sp³-hybridized carbons (Fsp3) is 0.294. The van der Waals surface area contributed by atoms with Gasteiger partial charge in [0.25, 0.3) is 0 Å². The predicted molar refractivity (Wildman–Crippen MR) is 84.5 cm³/mol. The first kappa shape index (κ1) is 16.7. The van der Waals surface area contributed by atoms with Crippen LogP contribution in [0.3, 0.4) is 0 Å². The van der Waals surface area contributed by atoms with Gasteiger partial charge in [-0.15, -0.1) is 0 Å². The third-order valence-corrected chi connectivity index (χ3v) is 4.13. The molecule has 0 spiro atoms. The number of aromatic nitrogens is 1. The van der Waals surface area contributed by atoms with Crippen molar-refractivity contribution in [3.05, 3.63) is 62.8 Å². The van der Waals surface area contributed by atoms with Crippen LogP contribution in [0, 0.1) is 17.9 Å². The fourth-order valence-electron chi connectivity index (χ4n) is 2.52. The van der Waals surface area contributed by atoms with E-state index in [9.17, 15) is 14.4 Å². The second-order valence-electron chi connectivity index (χ2n) is 6.01. The zero-order chi connectivity index (χ0) is 17.6. The summed E-state index contributed by atoms with van der Waals surface area (Å²) in [6.07, 6.45) is 1.18. The van der Waals surface area contributed by atoms with Crippen molar-refractivity contribution in [2.24, 2.45) is 0 Å². The van der Waals surface area contributed by atoms with Gasteiger partial charge in [0.15, 0.2) is 17.7 Å². The number of hydrogen-bond donors (Lipinski definition) is 0. The number of ketones is 1. The maximum atomic E-state index is 13.3. The average molecular weight is 352 g/mol. The van der Waals surface area contributed by atoms with Crippen molar-refractivity contribution in [3.63, 3.8) is 0 Å². The quantitative estimate of drug-likeness (QED) is 0.473. The molecule has 1 aliphatic rings. The lowest BCUT2D eigenvalue weighted by Gasteiger charge is -2.33. The minimum atomic E-state index is -0.897. The van der Waals surface area contributed by atoms with Crippen molar-refractivity contribution >= 4 is 17.4 Å². The van der Waals surface area contributed by atoms with E-state index in [0.717, 1.165) is 6.07 Å². The van der Waals surface area contributed by atoms with Crippen LogP contribution in [0.15, 0.2) is 24.4 Å². The lowest BCUT2D eigenvalue weighted by Crippen LogP contribution is -2.41. The third kappa shape index (κ3) is 2.83. The van der Waals surface area contributed by atoms with Gasteiger partial charge in [-0.3, -0.25) is 4.79 Å². The Bertz CT molecular complexity index is 851. The number of benzene rings is 1. The summed E-state index contributed by atoms with van der Waals surface area (Å²) in [5, 5.41) is 12.0. The molecule has 1 aromatic carbocycles. The summed E-state index contributed by atoms with van der Waals surface area (Å²) in [5.41, 5.74) is 1.15. The van der Waals surface area contributed by atoms with Crippen LogP contribution in [0.4, 0.5) is 4.39 Å². The van der Waals surface area contributed by atoms with Crippen molar-refractivity contribution in [2.45, 2.75) is 33.2 Å². The van der Waals surface area contributed by atoms with Crippen LogP contribution in [0.2, 0.25) is 5.02 Å². The summed E-state index contributed by atoms with van der Waals surface area (Å²) in [6, 6.07) is 3.66. The van der Waals surface area contributed by atoms with Gasteiger partial charge in [-0.25, -0.2) is 4.39 Å². The van der Waals surface area contributed by atoms with E-state index in [1.165, 1.54) is 18.3 Å². The van der Waals surface area contributed by atoms with Crippen molar-refractivity contribution < 1.29 is 23.4 Å². The first-order valence-corrected chi connectivity index (χ1v) is 7.66. The zero-order valence-corrected chi connectivity index (χ0v) is 14.1. The van der Waals surface area contributed by atoms with Crippen molar-refractivity contribution in [3.8, 4) is 5.75 Å². The summed E-state index contributed by atoms with van der Waals surface area (Å²) < 4.78 is 25.2. The maximum Gasteiger partial charge on any atom is 0.232 e. The number of ether oxygens (including phenoxy) is 2. The van der Waals surface area contributed by atoms with E-state index in [4.69, 9.17) is 21.1 Å². The first-order valence-electron chi connectivity index (χ1n) is 7.28. The highest BCUT2D eigenvalue weighted by molar-refractivity contribution is 6.31. The molecule has 0 saturated heterocycles. The second kappa shape index (κ2) is 5.72. The SMILES string of the molecule is Cc1c2c(c(C(=O)c3ccc(F)c(Cl)c3)c[n+]1[O-])COC(C)(C)O2. The van der Waals surface area contributed by atoms with E-state index >= 15 is 0 Å². The Morgan fingerprint density at radius 2 is 2.12 bits per heavy atom. The molecule has 126 valence electrons. The van der Waals surface area contributed by atoms with Gasteiger partial charge < -0.3 is 14.7 Å². The van der Waals surface area contributed by atoms with Crippen molar-refractivity contribution in [1.82, 2.24) is 0 Å². The number of nitrogens with zero attached hydrogens (tertiary/aromatic N) is 1. The molecule has 24 heavy (non-hydrogen) atoms. The Hall–Kier alpha value is -2.18. The monoisotopic (exact) mass is 351 g/mol. The molecule has 1 aliphatic heterocycles. The highest BCUT2D eigenvalue weighted by Gasteiger charge is 2.35. The van der Waals surface area contributed by atoms with Crippen LogP contribution in [0.25, 0.3) is 0 Å². The Morgan fingerprint density at radius 3 is 2.79 bits per heavy atom. The Morgan fingerprint density at radius 1 is 1.42 bits per heavy atom. The molecule has 7 heteroatoms. The lowest BCUT2D eigenvalue weighted by molar-refractivity contribution is -0.613. The van der Waals surface area contributed by atoms with Gasteiger partial charge in [0.2, 0.25) is 11.5 Å². The minimum absolute atomic E-state index is 0.125. The summed E-state index contributed by atoms with van der Waals surface area (Å²) >= 11 is 5.74. The van der Waals surface area contributed by atoms with Crippen LogP contribution in [-0.4, -0.2) is 11.6 Å². The van der Waals surface area contributed by atoms with Gasteiger partial charge in [0.05, 0.1) is 17.2 Å². The van der Waals surface area contributed by atoms with E-state index in [0.29, 0.717) is 21.7 Å². The first-order chi connectivity index (χ1) is 11.2. The van der Waals surface area contributed by atoms with Crippen LogP contribution in [-0.2, 0) is 11.3 Å². The molecule has 0 radical (unpaired) electrons. The molecule has 2 heterocycles. The van der Waals surface area contributed by atoms with E-state index in [2.05, 4.69) is 0 Å². The molecule has 0 fully saturated rings. The number of rotatable bonds is 2. The molecule has 0 aliphatic carbocycles. The van der Waals surface area contributed by atoms with Crippen LogP contribution >= 0.6 is 11.6 Å². The Balaban J connectivity index is 2.13. The average Bonchev–Trinajstić information content (AvgIpc) is 2.52. The predicted octanol–water partition coefficient (Wildman–Crippen LogP) is 3.30. The molecule has 0 atom stereocenters. The van der Waals surface area contributed by atoms with Gasteiger partial charge >= 0.3 is 0 Å². The Kier molecular flexibility index (Phi) is 3.97. The van der Waals surface area contributed by atoms with Gasteiger partial charge in [-0.2, -0.15) is 4.73 Å². The van der Waals surface area contributed by atoms with E-state index in [-0.39, 0.29) is 22.8 Å². The minimum Gasteiger partial charge on any atom is -0.618 e. The lowest BCUT2D eigenvalue weighted by atomic mass is 9.98. The third-order valence-electron chi connectivity index (χ3n) is 3.84. The van der Waals surface area contributed by atoms with E-state index in [1.54, 1.807) is 20.8 Å². The molecule has 1 aromatic heterocycles. The van der Waals surface area contributed by atoms with E-state index < -0.39 is 17.4 Å². The standard InChI is InChI=1S/C17H15ClFNO4/c1-9-16-12(8-23-17(2,3)24-16)11(7-20(9)22)15(21)10-4-5-14(19)13(18)6-10/h4-7H,8H2,1-3H3. The molecule has 2 aromatic rings. The van der Waals surface area contributed by atoms with Crippen LogP contribution in [0.5, 0.6) is 5.75 Å². The summed E-state index contributed by atoms with van der Waals surface area (Å²) in [5.74, 6) is -1.64. The smallest absolute Gasteiger partial charge is 0.232 e. The summed E-state index contributed by atoms with van der Waals surface area (Å²) in [7, 11) is 0. The largest absolute Gasteiger partial charge is 0.618 e. The topological polar surface area (TPSA) is 62.5 Å². The second-order valence-corrected chi connectivity index (χ2v) is 6.42. The number of hydrogen-bond acceptors (Lipinski definition) is 4. The number of pyridine rings is 1. The molecule has 3 rings (SSSR count). The molecular weight excluding hydrogens is 337 g/mol. The van der Waals surface area contributed by atoms with Crippen molar-refractivity contribution in [2.75, 3.05) is 0 Å². The van der Waals surface area contributed by atoms with Gasteiger partial charge in [-0.05, 0) is 18.2 Å². The molecule has 0 saturated carbocycles. The molecule has 0 unspecified atom stereocenters. The molecular formula is C17H15ClFNO4. The highest BCUT2D eigenvalue weighted by Crippen LogP contribution is 2.35. The number of carbonyl (C=O) groups excluding carboxylic acids is 1. The zero-order valence-electron chi connectivity index (χ0n) is 13.4. The number of fused-ring (bicyclic) bond motifs is 1. The van der Waals surface area contributed by atoms with Gasteiger partial charge in [-0.1, -0.05) is 11.6 Å². The molecule has 0 amide bonds. The molecule has 0 N–H and O–H groups in total. The van der Waals surface area contributed by atoms with Crippen LogP contribution < -0.4 is 9.47 Å². The molecule has 5 nitrogen and oxygen atoms in total. The maximum absolute atomic E-state index is 13.3. The normalized spacial score (nSPS) is 15.5. The highest BCUT2D eigenvalue weighted by atomic mass is 35.5. The Labute approximate surface area is 143 Å². The number of carbonyl (C=O) groups is 1. The molecule has 0 bridgehead atoms. The summed E-state index contributed by atoms with van der Waals surface area (Å²) in [6.45, 7) is 5.17.